The molecule has 0 spiro atoms. The molecule has 0 saturated heterocycles. The van der Waals surface area contributed by atoms with Gasteiger partial charge >= 0.3 is 0 Å². The Labute approximate surface area is 189 Å². The van der Waals surface area contributed by atoms with Crippen LogP contribution in [0.15, 0.2) is 83.8 Å². The molecule has 0 aliphatic carbocycles. The zero-order valence-corrected chi connectivity index (χ0v) is 19.3. The Morgan fingerprint density at radius 3 is 2.31 bits per heavy atom. The third kappa shape index (κ3) is 5.96. The maximum absolute atomic E-state index is 12.9. The molecule has 0 aliphatic heterocycles. The molecule has 0 heterocycles. The summed E-state index contributed by atoms with van der Waals surface area (Å²) in [5.41, 5.74) is 2.46. The molecule has 1 N–H and O–H groups in total. The number of hydrogen-bond donors (Lipinski definition) is 1. The van der Waals surface area contributed by atoms with Gasteiger partial charge in [-0.2, -0.15) is 4.31 Å². The smallest absolute Gasteiger partial charge is 0.265 e. The first-order valence-electron chi connectivity index (χ1n) is 10.4. The molecular weight excluding hydrogens is 424 g/mol. The van der Waals surface area contributed by atoms with E-state index in [-0.39, 0.29) is 17.3 Å². The van der Waals surface area contributed by atoms with E-state index in [9.17, 15) is 13.2 Å². The number of ether oxygens (including phenoxy) is 1. The minimum absolute atomic E-state index is 0.164. The van der Waals surface area contributed by atoms with Crippen molar-refractivity contribution < 1.29 is 17.9 Å². The number of aryl methyl sites for hydroxylation is 1. The fourth-order valence-corrected chi connectivity index (χ4v) is 4.37. The van der Waals surface area contributed by atoms with Gasteiger partial charge in [0.15, 0.2) is 6.10 Å². The number of benzene rings is 3. The van der Waals surface area contributed by atoms with Crippen LogP contribution in [-0.2, 0) is 21.4 Å². The lowest BCUT2D eigenvalue weighted by molar-refractivity contribution is -0.122. The van der Waals surface area contributed by atoms with Crippen molar-refractivity contribution in [2.45, 2.75) is 37.8 Å². The highest BCUT2D eigenvalue weighted by molar-refractivity contribution is 7.89. The quantitative estimate of drug-likeness (QED) is 0.514. The second-order valence-corrected chi connectivity index (χ2v) is 9.64. The molecule has 0 aliphatic rings. The highest BCUT2D eigenvalue weighted by Crippen LogP contribution is 2.20. The molecule has 3 aromatic rings. The normalized spacial score (nSPS) is 12.4. The van der Waals surface area contributed by atoms with Crippen LogP contribution < -0.4 is 10.1 Å². The molecule has 3 aromatic carbocycles. The fraction of sp³-hybridized carbons (Fsp3) is 0.240. The van der Waals surface area contributed by atoms with Crippen LogP contribution in [0.3, 0.4) is 0 Å². The van der Waals surface area contributed by atoms with Gasteiger partial charge in [-0.05, 0) is 60.9 Å². The van der Waals surface area contributed by atoms with Crippen LogP contribution in [-0.4, -0.2) is 31.8 Å². The van der Waals surface area contributed by atoms with E-state index in [2.05, 4.69) is 5.32 Å². The Morgan fingerprint density at radius 1 is 1.00 bits per heavy atom. The standard InChI is InChI=1S/C25H28N2O4S/c1-4-24(31-22-12-8-9-19(2)17-22)25(28)26-21-13-15-23(16-14-21)32(29,30)27(3)18-20-10-6-5-7-11-20/h5-17,24H,4,18H2,1-3H3,(H,26,28). The molecule has 0 radical (unpaired) electrons. The Bertz CT molecular complexity index is 1150. The van der Waals surface area contributed by atoms with Crippen LogP contribution in [0.5, 0.6) is 5.75 Å². The molecule has 0 aromatic heterocycles. The summed E-state index contributed by atoms with van der Waals surface area (Å²) in [4.78, 5) is 12.8. The number of nitrogens with zero attached hydrogens (tertiary/aromatic N) is 1. The van der Waals surface area contributed by atoms with E-state index in [0.29, 0.717) is 17.9 Å². The van der Waals surface area contributed by atoms with Gasteiger partial charge in [-0.3, -0.25) is 4.79 Å². The second-order valence-electron chi connectivity index (χ2n) is 7.59. The first kappa shape index (κ1) is 23.5. The summed E-state index contributed by atoms with van der Waals surface area (Å²) in [6.45, 7) is 4.11. The minimum atomic E-state index is -3.65. The highest BCUT2D eigenvalue weighted by atomic mass is 32.2. The molecule has 6 nitrogen and oxygen atoms in total. The lowest BCUT2D eigenvalue weighted by Crippen LogP contribution is -2.32. The number of nitrogens with one attached hydrogen (secondary N) is 1. The molecule has 168 valence electrons. The Hall–Kier alpha value is -3.16. The maximum atomic E-state index is 12.9. The molecule has 0 saturated carbocycles. The Kier molecular flexibility index (Phi) is 7.66. The van der Waals surface area contributed by atoms with Gasteiger partial charge < -0.3 is 10.1 Å². The van der Waals surface area contributed by atoms with E-state index in [1.54, 1.807) is 19.2 Å². The van der Waals surface area contributed by atoms with E-state index >= 15 is 0 Å². The average Bonchev–Trinajstić information content (AvgIpc) is 2.78. The van der Waals surface area contributed by atoms with Gasteiger partial charge in [0.1, 0.15) is 5.75 Å². The molecule has 3 rings (SSSR count). The van der Waals surface area contributed by atoms with Crippen LogP contribution in [0.2, 0.25) is 0 Å². The van der Waals surface area contributed by atoms with Crippen LogP contribution in [0.25, 0.3) is 0 Å². The zero-order chi connectivity index (χ0) is 23.1. The molecular formula is C25H28N2O4S. The lowest BCUT2D eigenvalue weighted by atomic mass is 10.2. The fourth-order valence-electron chi connectivity index (χ4n) is 3.21. The van der Waals surface area contributed by atoms with Crippen LogP contribution in [0.1, 0.15) is 24.5 Å². The molecule has 32 heavy (non-hydrogen) atoms. The monoisotopic (exact) mass is 452 g/mol. The van der Waals surface area contributed by atoms with Crippen molar-refractivity contribution in [3.05, 3.63) is 90.0 Å². The summed E-state index contributed by atoms with van der Waals surface area (Å²) < 4.78 is 32.9. The predicted octanol–water partition coefficient (Wildman–Crippen LogP) is 4.61. The molecule has 0 bridgehead atoms. The first-order chi connectivity index (χ1) is 15.3. The zero-order valence-electron chi connectivity index (χ0n) is 18.5. The van der Waals surface area contributed by atoms with Crippen molar-refractivity contribution in [3.63, 3.8) is 0 Å². The number of hydrogen-bond acceptors (Lipinski definition) is 4. The van der Waals surface area contributed by atoms with Crippen molar-refractivity contribution in [1.82, 2.24) is 4.31 Å². The summed E-state index contributed by atoms with van der Waals surface area (Å²) in [5.74, 6) is 0.348. The summed E-state index contributed by atoms with van der Waals surface area (Å²) in [5, 5.41) is 2.80. The van der Waals surface area contributed by atoms with Crippen molar-refractivity contribution in [2.75, 3.05) is 12.4 Å². The van der Waals surface area contributed by atoms with Gasteiger partial charge in [-0.1, -0.05) is 49.4 Å². The highest BCUT2D eigenvalue weighted by Gasteiger charge is 2.22. The van der Waals surface area contributed by atoms with Crippen molar-refractivity contribution >= 4 is 21.6 Å². The summed E-state index contributed by atoms with van der Waals surface area (Å²) in [7, 11) is -2.10. The van der Waals surface area contributed by atoms with Crippen LogP contribution in [0.4, 0.5) is 5.69 Å². The summed E-state index contributed by atoms with van der Waals surface area (Å²) in [6.07, 6.45) is -0.159. The van der Waals surface area contributed by atoms with Crippen molar-refractivity contribution in [3.8, 4) is 5.75 Å². The van der Waals surface area contributed by atoms with Crippen LogP contribution in [0, 0.1) is 6.92 Å². The van der Waals surface area contributed by atoms with E-state index < -0.39 is 16.1 Å². The Balaban J connectivity index is 1.65. The van der Waals surface area contributed by atoms with Gasteiger partial charge in [0.2, 0.25) is 10.0 Å². The van der Waals surface area contributed by atoms with E-state index in [1.165, 1.54) is 16.4 Å². The lowest BCUT2D eigenvalue weighted by Gasteiger charge is -2.19. The predicted molar refractivity (Wildman–Crippen MR) is 126 cm³/mol. The van der Waals surface area contributed by atoms with Crippen molar-refractivity contribution in [2.24, 2.45) is 0 Å². The average molecular weight is 453 g/mol. The molecule has 1 atom stereocenters. The van der Waals surface area contributed by atoms with Gasteiger partial charge in [-0.15, -0.1) is 0 Å². The van der Waals surface area contributed by atoms with Crippen molar-refractivity contribution in [1.29, 1.82) is 0 Å². The van der Waals surface area contributed by atoms with E-state index in [4.69, 9.17) is 4.74 Å². The van der Waals surface area contributed by atoms with Gasteiger partial charge in [-0.25, -0.2) is 8.42 Å². The summed E-state index contributed by atoms with van der Waals surface area (Å²) in [6, 6.07) is 23.1. The van der Waals surface area contributed by atoms with E-state index in [1.807, 2.05) is 68.4 Å². The number of sulfonamides is 1. The SMILES string of the molecule is CCC(Oc1cccc(C)c1)C(=O)Nc1ccc(S(=O)(=O)N(C)Cc2ccccc2)cc1. The number of carbonyl (C=O) groups is 1. The molecule has 0 fully saturated rings. The molecule has 1 unspecified atom stereocenters. The Morgan fingerprint density at radius 2 is 1.69 bits per heavy atom. The topological polar surface area (TPSA) is 75.7 Å². The van der Waals surface area contributed by atoms with Crippen LogP contribution >= 0.6 is 0 Å². The van der Waals surface area contributed by atoms with E-state index in [0.717, 1.165) is 11.1 Å². The third-order valence-corrected chi connectivity index (χ3v) is 6.83. The number of carbonyl (C=O) groups excluding carboxylic acids is 1. The number of amides is 1. The maximum Gasteiger partial charge on any atom is 0.265 e. The first-order valence-corrected chi connectivity index (χ1v) is 11.9. The second kappa shape index (κ2) is 10.4. The number of rotatable bonds is 9. The van der Waals surface area contributed by atoms with Gasteiger partial charge in [0.05, 0.1) is 4.90 Å². The summed E-state index contributed by atoms with van der Waals surface area (Å²) >= 11 is 0. The largest absolute Gasteiger partial charge is 0.481 e. The third-order valence-electron chi connectivity index (χ3n) is 5.01. The molecule has 1 amide bonds. The van der Waals surface area contributed by atoms with Gasteiger partial charge in [0.25, 0.3) is 5.91 Å². The molecule has 7 heteroatoms. The number of anilines is 1. The van der Waals surface area contributed by atoms with Gasteiger partial charge in [0, 0.05) is 19.3 Å². The minimum Gasteiger partial charge on any atom is -0.481 e.